The highest BCUT2D eigenvalue weighted by Crippen LogP contribution is 2.32. The highest BCUT2D eigenvalue weighted by atomic mass is 32.1. The van der Waals surface area contributed by atoms with Crippen molar-refractivity contribution in [2.75, 3.05) is 11.9 Å². The Bertz CT molecular complexity index is 783. The largest absolute Gasteiger partial charge is 0.462 e. The first-order chi connectivity index (χ1) is 12.2. The van der Waals surface area contributed by atoms with Crippen LogP contribution in [0.2, 0.25) is 0 Å². The summed E-state index contributed by atoms with van der Waals surface area (Å²) < 4.78 is 5.13. The van der Waals surface area contributed by atoms with Crippen molar-refractivity contribution in [3.05, 3.63) is 47.4 Å². The molecule has 1 atom stereocenters. The number of nitrogens with one attached hydrogen (secondary N) is 1. The van der Waals surface area contributed by atoms with Crippen molar-refractivity contribution < 1.29 is 14.3 Å². The topological polar surface area (TPSA) is 68.3 Å². The molecule has 0 saturated heterocycles. The second kappa shape index (κ2) is 8.07. The normalized spacial score (nSPS) is 16.4. The smallest absolute Gasteiger partial charge is 0.350 e. The van der Waals surface area contributed by atoms with Crippen LogP contribution < -0.4 is 5.32 Å². The Morgan fingerprint density at radius 3 is 2.76 bits per heavy atom. The van der Waals surface area contributed by atoms with Crippen LogP contribution in [0.3, 0.4) is 0 Å². The average molecular weight is 356 g/mol. The van der Waals surface area contributed by atoms with E-state index < -0.39 is 5.97 Å². The zero-order valence-electron chi connectivity index (χ0n) is 14.0. The number of anilines is 1. The molecule has 1 aliphatic carbocycles. The summed E-state index contributed by atoms with van der Waals surface area (Å²) in [5, 5.41) is 3.30. The minimum Gasteiger partial charge on any atom is -0.462 e. The van der Waals surface area contributed by atoms with Gasteiger partial charge in [-0.05, 0) is 26.2 Å². The van der Waals surface area contributed by atoms with Gasteiger partial charge in [0.25, 0.3) is 0 Å². The Hall–Kier alpha value is -2.47. The van der Waals surface area contributed by atoms with E-state index in [9.17, 15) is 9.59 Å². The highest BCUT2D eigenvalue weighted by Gasteiger charge is 2.24. The maximum atomic E-state index is 12.4. The number of carbonyl (C=O) groups excluding carboxylic acids is 2. The van der Waals surface area contributed by atoms with E-state index in [0.29, 0.717) is 22.3 Å². The van der Waals surface area contributed by atoms with Crippen molar-refractivity contribution in [3.8, 4) is 11.3 Å². The lowest BCUT2D eigenvalue weighted by molar-refractivity contribution is -0.120. The zero-order chi connectivity index (χ0) is 17.6. The summed E-state index contributed by atoms with van der Waals surface area (Å²) in [6, 6.07) is 9.44. The van der Waals surface area contributed by atoms with Gasteiger partial charge in [0, 0.05) is 11.5 Å². The quantitative estimate of drug-likeness (QED) is 0.641. The molecule has 25 heavy (non-hydrogen) atoms. The van der Waals surface area contributed by atoms with Crippen LogP contribution in [0.15, 0.2) is 42.5 Å². The molecule has 1 heterocycles. The van der Waals surface area contributed by atoms with Gasteiger partial charge in [0.15, 0.2) is 5.13 Å². The van der Waals surface area contributed by atoms with Crippen LogP contribution in [0.5, 0.6) is 0 Å². The Kier molecular flexibility index (Phi) is 5.60. The third-order valence-corrected chi connectivity index (χ3v) is 4.96. The second-order valence-corrected chi connectivity index (χ2v) is 6.75. The lowest BCUT2D eigenvalue weighted by Crippen LogP contribution is -2.23. The molecule has 0 bridgehead atoms. The van der Waals surface area contributed by atoms with Crippen LogP contribution in [0, 0.1) is 5.92 Å². The lowest BCUT2D eigenvalue weighted by Gasteiger charge is -2.15. The van der Waals surface area contributed by atoms with Crippen molar-refractivity contribution in [2.45, 2.75) is 26.2 Å². The van der Waals surface area contributed by atoms with E-state index >= 15 is 0 Å². The van der Waals surface area contributed by atoms with Crippen LogP contribution in [-0.2, 0) is 9.53 Å². The number of amides is 1. The molecule has 6 heteroatoms. The first-order valence-electron chi connectivity index (χ1n) is 8.38. The molecule has 0 radical (unpaired) electrons. The van der Waals surface area contributed by atoms with E-state index in [-0.39, 0.29) is 11.8 Å². The van der Waals surface area contributed by atoms with Crippen LogP contribution in [0.1, 0.15) is 35.9 Å². The summed E-state index contributed by atoms with van der Waals surface area (Å²) >= 11 is 1.16. The van der Waals surface area contributed by atoms with Gasteiger partial charge in [-0.2, -0.15) is 0 Å². The van der Waals surface area contributed by atoms with E-state index in [1.54, 1.807) is 6.92 Å². The number of allylic oxidation sites excluding steroid dienone is 2. The number of ether oxygens (including phenoxy) is 1. The number of nitrogens with zero attached hydrogens (tertiary/aromatic N) is 1. The number of carbonyl (C=O) groups is 2. The molecule has 1 amide bonds. The molecule has 130 valence electrons. The SMILES string of the molecule is CCOC(=O)c1sc(NC(=O)C2CC=CCC2)nc1-c1ccccc1. The number of hydrogen-bond acceptors (Lipinski definition) is 5. The summed E-state index contributed by atoms with van der Waals surface area (Å²) in [5.41, 5.74) is 1.37. The van der Waals surface area contributed by atoms with Crippen LogP contribution in [0.25, 0.3) is 11.3 Å². The third-order valence-electron chi connectivity index (χ3n) is 4.01. The van der Waals surface area contributed by atoms with Crippen molar-refractivity contribution in [1.82, 2.24) is 4.98 Å². The molecule has 1 aliphatic rings. The van der Waals surface area contributed by atoms with Crippen LogP contribution in [0.4, 0.5) is 5.13 Å². The maximum absolute atomic E-state index is 12.4. The second-order valence-electron chi connectivity index (χ2n) is 5.75. The average Bonchev–Trinajstić information content (AvgIpc) is 3.07. The van der Waals surface area contributed by atoms with Crippen LogP contribution in [-0.4, -0.2) is 23.5 Å². The number of aromatic nitrogens is 1. The number of benzene rings is 1. The van der Waals surface area contributed by atoms with Crippen molar-refractivity contribution in [2.24, 2.45) is 5.92 Å². The van der Waals surface area contributed by atoms with Gasteiger partial charge in [-0.1, -0.05) is 53.8 Å². The minimum absolute atomic E-state index is 0.0416. The van der Waals surface area contributed by atoms with Crippen molar-refractivity contribution >= 4 is 28.3 Å². The summed E-state index contributed by atoms with van der Waals surface area (Å²) in [6.45, 7) is 2.06. The van der Waals surface area contributed by atoms with Gasteiger partial charge in [-0.25, -0.2) is 9.78 Å². The standard InChI is InChI=1S/C19H20N2O3S/c1-2-24-18(23)16-15(13-9-5-3-6-10-13)20-19(25-16)21-17(22)14-11-7-4-8-12-14/h3-7,9-10,14H,2,8,11-12H2,1H3,(H,20,21,22). The molecule has 0 aliphatic heterocycles. The minimum atomic E-state index is -0.417. The zero-order valence-corrected chi connectivity index (χ0v) is 14.8. The van der Waals surface area contributed by atoms with Gasteiger partial charge in [-0.3, -0.25) is 4.79 Å². The first-order valence-corrected chi connectivity index (χ1v) is 9.20. The van der Waals surface area contributed by atoms with Gasteiger partial charge < -0.3 is 10.1 Å². The molecule has 0 spiro atoms. The molecule has 0 fully saturated rings. The number of rotatable bonds is 5. The summed E-state index contributed by atoms with van der Waals surface area (Å²) in [4.78, 5) is 29.6. The Morgan fingerprint density at radius 2 is 2.08 bits per heavy atom. The van der Waals surface area contributed by atoms with Gasteiger partial charge in [0.2, 0.25) is 5.91 Å². The fourth-order valence-electron chi connectivity index (χ4n) is 2.74. The molecule has 1 aromatic heterocycles. The first kappa shape index (κ1) is 17.4. The Balaban J connectivity index is 1.86. The van der Waals surface area contributed by atoms with E-state index in [2.05, 4.69) is 16.4 Å². The predicted octanol–water partition coefficient (Wildman–Crippen LogP) is 4.28. The van der Waals surface area contributed by atoms with Gasteiger partial charge in [-0.15, -0.1) is 0 Å². The fraction of sp³-hybridized carbons (Fsp3) is 0.316. The maximum Gasteiger partial charge on any atom is 0.350 e. The van der Waals surface area contributed by atoms with Gasteiger partial charge in [0.1, 0.15) is 4.88 Å². The molecule has 3 rings (SSSR count). The number of esters is 1. The van der Waals surface area contributed by atoms with Crippen molar-refractivity contribution in [1.29, 1.82) is 0 Å². The number of thiazole rings is 1. The molecule has 1 unspecified atom stereocenters. The van der Waals surface area contributed by atoms with Gasteiger partial charge >= 0.3 is 5.97 Å². The van der Waals surface area contributed by atoms with E-state index in [4.69, 9.17) is 4.74 Å². The predicted molar refractivity (Wildman–Crippen MR) is 98.6 cm³/mol. The monoisotopic (exact) mass is 356 g/mol. The highest BCUT2D eigenvalue weighted by molar-refractivity contribution is 7.18. The lowest BCUT2D eigenvalue weighted by atomic mass is 9.94. The molecular formula is C19H20N2O3S. The van der Waals surface area contributed by atoms with E-state index in [1.165, 1.54) is 0 Å². The Labute approximate surface area is 150 Å². The fourth-order valence-corrected chi connectivity index (χ4v) is 3.62. The van der Waals surface area contributed by atoms with E-state index in [1.807, 2.05) is 36.4 Å². The molecule has 5 nitrogen and oxygen atoms in total. The summed E-state index contributed by atoms with van der Waals surface area (Å²) in [6.07, 6.45) is 6.63. The van der Waals surface area contributed by atoms with E-state index in [0.717, 1.165) is 36.2 Å². The molecule has 1 aromatic carbocycles. The third kappa shape index (κ3) is 4.14. The van der Waals surface area contributed by atoms with Crippen LogP contribution >= 0.6 is 11.3 Å². The molecule has 0 saturated carbocycles. The molecular weight excluding hydrogens is 336 g/mol. The molecule has 1 N–H and O–H groups in total. The number of hydrogen-bond donors (Lipinski definition) is 1. The summed E-state index contributed by atoms with van der Waals surface area (Å²) in [7, 11) is 0. The van der Waals surface area contributed by atoms with Gasteiger partial charge in [0.05, 0.1) is 12.3 Å². The van der Waals surface area contributed by atoms with Crippen molar-refractivity contribution in [3.63, 3.8) is 0 Å². The molecule has 2 aromatic rings. The Morgan fingerprint density at radius 1 is 1.28 bits per heavy atom. The summed E-state index contributed by atoms with van der Waals surface area (Å²) in [5.74, 6) is -0.506.